The van der Waals surface area contributed by atoms with Crippen LogP contribution in [0.1, 0.15) is 122 Å². The molecule has 1 aromatic carbocycles. The van der Waals surface area contributed by atoms with Crippen molar-refractivity contribution in [2.24, 2.45) is 5.92 Å². The van der Waals surface area contributed by atoms with Gasteiger partial charge in [-0.15, -0.1) is 0 Å². The minimum Gasteiger partial charge on any atom is -0.444 e. The van der Waals surface area contributed by atoms with Crippen LogP contribution in [0.5, 0.6) is 0 Å². The lowest BCUT2D eigenvalue weighted by molar-refractivity contribution is -0.143. The van der Waals surface area contributed by atoms with Gasteiger partial charge in [-0.1, -0.05) is 77.5 Å². The summed E-state index contributed by atoms with van der Waals surface area (Å²) in [6.07, 6.45) is 8.60. The zero-order chi connectivity index (χ0) is 29.2. The number of rotatable bonds is 12. The van der Waals surface area contributed by atoms with Crippen molar-refractivity contribution in [1.82, 2.24) is 15.5 Å². The molecule has 2 atom stereocenters. The summed E-state index contributed by atoms with van der Waals surface area (Å²) in [5, 5.41) is 6.13. The standard InChI is InChI=1S/C32H53N3O4/c1-9-10-11-15-21-35(30(37)27(22(2)3)34-31(38)39-32(6,7)8)28(26-23(4)17-16-18-24(26)5)29(36)33-25-19-13-12-14-20-25/h16-18,22,25,27-28H,9-15,19-21H2,1-8H3,(H,33,36)(H,34,38). The molecule has 7 heteroatoms. The van der Waals surface area contributed by atoms with Crippen LogP contribution in [0.15, 0.2) is 18.2 Å². The Bertz CT molecular complexity index is 927. The van der Waals surface area contributed by atoms with Gasteiger partial charge in [-0.25, -0.2) is 4.79 Å². The Hall–Kier alpha value is -2.57. The number of nitrogens with one attached hydrogen (secondary N) is 2. The first kappa shape index (κ1) is 32.6. The summed E-state index contributed by atoms with van der Waals surface area (Å²) >= 11 is 0. The van der Waals surface area contributed by atoms with Crippen LogP contribution in [-0.2, 0) is 14.3 Å². The van der Waals surface area contributed by atoms with Crippen molar-refractivity contribution in [1.29, 1.82) is 0 Å². The van der Waals surface area contributed by atoms with Crippen molar-refractivity contribution in [3.63, 3.8) is 0 Å². The van der Waals surface area contributed by atoms with Gasteiger partial charge in [-0.05, 0) is 76.5 Å². The average molecular weight is 544 g/mol. The Morgan fingerprint density at radius 3 is 2.15 bits per heavy atom. The van der Waals surface area contributed by atoms with E-state index in [0.29, 0.717) is 6.54 Å². The average Bonchev–Trinajstić information content (AvgIpc) is 2.84. The molecule has 0 saturated heterocycles. The minimum absolute atomic E-state index is 0.121. The van der Waals surface area contributed by atoms with Crippen LogP contribution < -0.4 is 10.6 Å². The van der Waals surface area contributed by atoms with Crippen LogP contribution in [0.25, 0.3) is 0 Å². The van der Waals surface area contributed by atoms with Crippen LogP contribution in [0.2, 0.25) is 0 Å². The molecule has 1 aliphatic rings. The van der Waals surface area contributed by atoms with Gasteiger partial charge in [-0.2, -0.15) is 0 Å². The smallest absolute Gasteiger partial charge is 0.408 e. The van der Waals surface area contributed by atoms with E-state index in [4.69, 9.17) is 4.74 Å². The molecule has 2 N–H and O–H groups in total. The maximum absolute atomic E-state index is 14.4. The molecule has 0 heterocycles. The number of nitrogens with zero attached hydrogens (tertiary/aromatic N) is 1. The third-order valence-electron chi connectivity index (χ3n) is 7.47. The summed E-state index contributed by atoms with van der Waals surface area (Å²) in [6, 6.07) is 4.52. The van der Waals surface area contributed by atoms with Crippen LogP contribution in [-0.4, -0.2) is 47.0 Å². The number of hydrogen-bond donors (Lipinski definition) is 2. The lowest BCUT2D eigenvalue weighted by Crippen LogP contribution is -2.55. The number of alkyl carbamates (subject to hydrolysis) is 1. The van der Waals surface area contributed by atoms with E-state index in [1.165, 1.54) is 6.42 Å². The number of aryl methyl sites for hydroxylation is 2. The van der Waals surface area contributed by atoms with Gasteiger partial charge >= 0.3 is 6.09 Å². The molecule has 220 valence electrons. The molecule has 3 amide bonds. The molecule has 1 aromatic rings. The summed E-state index contributed by atoms with van der Waals surface area (Å²) in [5.41, 5.74) is 2.14. The summed E-state index contributed by atoms with van der Waals surface area (Å²) in [7, 11) is 0. The van der Waals surface area contributed by atoms with E-state index in [0.717, 1.165) is 68.1 Å². The van der Waals surface area contributed by atoms with Crippen LogP contribution >= 0.6 is 0 Å². The van der Waals surface area contributed by atoms with Gasteiger partial charge in [0.15, 0.2) is 0 Å². The normalized spacial score (nSPS) is 15.9. The van der Waals surface area contributed by atoms with Gasteiger partial charge in [0, 0.05) is 12.6 Å². The molecule has 0 spiro atoms. The minimum atomic E-state index is -0.819. The highest BCUT2D eigenvalue weighted by molar-refractivity contribution is 5.92. The van der Waals surface area contributed by atoms with Crippen molar-refractivity contribution < 1.29 is 19.1 Å². The fourth-order valence-corrected chi connectivity index (χ4v) is 5.42. The molecule has 1 saturated carbocycles. The number of hydrogen-bond acceptors (Lipinski definition) is 4. The second-order valence-electron chi connectivity index (χ2n) is 12.5. The third kappa shape index (κ3) is 10.2. The first-order valence-corrected chi connectivity index (χ1v) is 15.0. The van der Waals surface area contributed by atoms with Gasteiger partial charge in [0.2, 0.25) is 11.8 Å². The van der Waals surface area contributed by atoms with Crippen LogP contribution in [0.3, 0.4) is 0 Å². The summed E-state index contributed by atoms with van der Waals surface area (Å²) in [6.45, 7) is 15.8. The van der Waals surface area contributed by atoms with Gasteiger partial charge < -0.3 is 20.3 Å². The van der Waals surface area contributed by atoms with E-state index in [-0.39, 0.29) is 23.8 Å². The molecule has 1 aliphatic carbocycles. The molecular formula is C32H53N3O4. The first-order valence-electron chi connectivity index (χ1n) is 15.0. The SMILES string of the molecule is CCCCCCN(C(=O)C(NC(=O)OC(C)(C)C)C(C)C)C(C(=O)NC1CCCCC1)c1c(C)cccc1C. The lowest BCUT2D eigenvalue weighted by atomic mass is 9.91. The van der Waals surface area contributed by atoms with E-state index < -0.39 is 23.8 Å². The summed E-state index contributed by atoms with van der Waals surface area (Å²) in [5.74, 6) is -0.579. The van der Waals surface area contributed by atoms with E-state index in [1.807, 2.05) is 45.9 Å². The zero-order valence-corrected chi connectivity index (χ0v) is 25.7. The van der Waals surface area contributed by atoms with Crippen molar-refractivity contribution in [2.75, 3.05) is 6.54 Å². The second-order valence-corrected chi connectivity index (χ2v) is 12.5. The second kappa shape index (κ2) is 15.3. The van der Waals surface area contributed by atoms with E-state index >= 15 is 0 Å². The van der Waals surface area contributed by atoms with E-state index in [2.05, 4.69) is 17.6 Å². The maximum Gasteiger partial charge on any atom is 0.408 e. The highest BCUT2D eigenvalue weighted by atomic mass is 16.6. The largest absolute Gasteiger partial charge is 0.444 e. The first-order chi connectivity index (χ1) is 18.4. The predicted octanol–water partition coefficient (Wildman–Crippen LogP) is 6.75. The Labute approximate surface area is 236 Å². The van der Waals surface area contributed by atoms with Crippen molar-refractivity contribution in [2.45, 2.75) is 137 Å². The Kier molecular flexibility index (Phi) is 12.8. The number of unbranched alkanes of at least 4 members (excludes halogenated alkanes) is 3. The highest BCUT2D eigenvalue weighted by Gasteiger charge is 2.39. The van der Waals surface area contributed by atoms with Crippen molar-refractivity contribution in [3.05, 3.63) is 34.9 Å². The molecule has 2 rings (SSSR count). The van der Waals surface area contributed by atoms with E-state index in [1.54, 1.807) is 25.7 Å². The number of amides is 3. The van der Waals surface area contributed by atoms with Gasteiger partial charge in [0.1, 0.15) is 17.7 Å². The summed E-state index contributed by atoms with van der Waals surface area (Å²) < 4.78 is 5.49. The topological polar surface area (TPSA) is 87.7 Å². The molecular weight excluding hydrogens is 490 g/mol. The molecule has 0 bridgehead atoms. The molecule has 7 nitrogen and oxygen atoms in total. The fraction of sp³-hybridized carbons (Fsp3) is 0.719. The van der Waals surface area contributed by atoms with Gasteiger partial charge in [0.05, 0.1) is 0 Å². The number of carbonyl (C=O) groups is 3. The monoisotopic (exact) mass is 543 g/mol. The van der Waals surface area contributed by atoms with Gasteiger partial charge in [0.25, 0.3) is 0 Å². The number of benzene rings is 1. The predicted molar refractivity (Wildman–Crippen MR) is 158 cm³/mol. The molecule has 2 unspecified atom stereocenters. The Balaban J connectivity index is 2.52. The Morgan fingerprint density at radius 2 is 1.62 bits per heavy atom. The quantitative estimate of drug-likeness (QED) is 0.285. The molecule has 0 radical (unpaired) electrons. The lowest BCUT2D eigenvalue weighted by Gasteiger charge is -2.37. The fourth-order valence-electron chi connectivity index (χ4n) is 5.42. The zero-order valence-electron chi connectivity index (χ0n) is 25.7. The maximum atomic E-state index is 14.4. The molecule has 0 aromatic heterocycles. The number of carbonyl (C=O) groups excluding carboxylic acids is 3. The Morgan fingerprint density at radius 1 is 1.00 bits per heavy atom. The van der Waals surface area contributed by atoms with Crippen LogP contribution in [0, 0.1) is 19.8 Å². The van der Waals surface area contributed by atoms with Crippen molar-refractivity contribution >= 4 is 17.9 Å². The number of ether oxygens (including phenoxy) is 1. The third-order valence-corrected chi connectivity index (χ3v) is 7.47. The van der Waals surface area contributed by atoms with Crippen LogP contribution in [0.4, 0.5) is 4.79 Å². The molecule has 39 heavy (non-hydrogen) atoms. The highest BCUT2D eigenvalue weighted by Crippen LogP contribution is 2.30. The van der Waals surface area contributed by atoms with Gasteiger partial charge in [-0.3, -0.25) is 9.59 Å². The van der Waals surface area contributed by atoms with Crippen molar-refractivity contribution in [3.8, 4) is 0 Å². The molecule has 1 fully saturated rings. The van der Waals surface area contributed by atoms with E-state index in [9.17, 15) is 14.4 Å². The summed E-state index contributed by atoms with van der Waals surface area (Å²) in [4.78, 5) is 43.0. The molecule has 0 aliphatic heterocycles.